The number of hydrogen-bond acceptors (Lipinski definition) is 4. The molecule has 2 rings (SSSR count). The molecule has 2 heterocycles. The van der Waals surface area contributed by atoms with E-state index in [9.17, 15) is 5.11 Å². The van der Waals surface area contributed by atoms with Crippen LogP contribution in [0.15, 0.2) is 30.6 Å². The van der Waals surface area contributed by atoms with Crippen LogP contribution in [0.25, 0.3) is 11.3 Å². The monoisotopic (exact) mass is 243 g/mol. The maximum absolute atomic E-state index is 9.34. The van der Waals surface area contributed by atoms with Crippen LogP contribution >= 0.6 is 0 Å². The lowest BCUT2D eigenvalue weighted by molar-refractivity contribution is 0.257. The minimum absolute atomic E-state index is 0.000298. The summed E-state index contributed by atoms with van der Waals surface area (Å²) in [5, 5.41) is 9.34. The van der Waals surface area contributed by atoms with Crippen LogP contribution in [0, 0.1) is 6.92 Å². The normalized spacial score (nSPS) is 12.4. The Hall–Kier alpha value is -1.81. The topological polar surface area (TPSA) is 58.9 Å². The SMILES string of the molecule is CCC(CO)c1nc(C)cc(-c2cccnc2)n1. The molecule has 0 fully saturated rings. The fraction of sp³-hybridized carbons (Fsp3) is 0.357. The molecule has 0 aliphatic rings. The van der Waals surface area contributed by atoms with Gasteiger partial charge in [0.1, 0.15) is 5.82 Å². The highest BCUT2D eigenvalue weighted by Crippen LogP contribution is 2.21. The Morgan fingerprint density at radius 2 is 2.17 bits per heavy atom. The molecule has 0 amide bonds. The zero-order valence-corrected chi connectivity index (χ0v) is 10.7. The smallest absolute Gasteiger partial charge is 0.134 e. The lowest BCUT2D eigenvalue weighted by Crippen LogP contribution is -2.09. The van der Waals surface area contributed by atoms with E-state index >= 15 is 0 Å². The van der Waals surface area contributed by atoms with Gasteiger partial charge in [-0.1, -0.05) is 6.92 Å². The molecule has 0 aromatic carbocycles. The predicted molar refractivity (Wildman–Crippen MR) is 70.1 cm³/mol. The van der Waals surface area contributed by atoms with Crippen molar-refractivity contribution in [1.82, 2.24) is 15.0 Å². The Balaban J connectivity index is 2.44. The summed E-state index contributed by atoms with van der Waals surface area (Å²) in [6.07, 6.45) is 4.35. The molecule has 0 saturated heterocycles. The van der Waals surface area contributed by atoms with E-state index in [0.717, 1.165) is 23.4 Å². The number of aryl methyl sites for hydroxylation is 1. The molecular weight excluding hydrogens is 226 g/mol. The molecule has 2 aromatic heterocycles. The van der Waals surface area contributed by atoms with Crippen LogP contribution < -0.4 is 0 Å². The molecule has 0 aliphatic carbocycles. The molecule has 0 saturated carbocycles. The number of aliphatic hydroxyl groups excluding tert-OH is 1. The lowest BCUT2D eigenvalue weighted by Gasteiger charge is -2.12. The minimum Gasteiger partial charge on any atom is -0.396 e. The largest absolute Gasteiger partial charge is 0.396 e. The second-order valence-corrected chi connectivity index (χ2v) is 4.28. The second-order valence-electron chi connectivity index (χ2n) is 4.28. The average molecular weight is 243 g/mol. The highest BCUT2D eigenvalue weighted by atomic mass is 16.3. The van der Waals surface area contributed by atoms with Crippen LogP contribution in [0.3, 0.4) is 0 Å². The van der Waals surface area contributed by atoms with E-state index in [1.165, 1.54) is 0 Å². The van der Waals surface area contributed by atoms with Gasteiger partial charge in [-0.05, 0) is 31.5 Å². The van der Waals surface area contributed by atoms with E-state index in [-0.39, 0.29) is 12.5 Å². The summed E-state index contributed by atoms with van der Waals surface area (Å²) in [6, 6.07) is 5.79. The van der Waals surface area contributed by atoms with E-state index in [4.69, 9.17) is 0 Å². The van der Waals surface area contributed by atoms with Crippen LogP contribution in [0.2, 0.25) is 0 Å². The summed E-state index contributed by atoms with van der Waals surface area (Å²) >= 11 is 0. The highest BCUT2D eigenvalue weighted by Gasteiger charge is 2.13. The van der Waals surface area contributed by atoms with Gasteiger partial charge < -0.3 is 5.11 Å². The van der Waals surface area contributed by atoms with Crippen LogP contribution in [0.1, 0.15) is 30.8 Å². The Bertz CT molecular complexity index is 510. The van der Waals surface area contributed by atoms with Gasteiger partial charge in [-0.15, -0.1) is 0 Å². The Kier molecular flexibility index (Phi) is 3.99. The maximum atomic E-state index is 9.34. The van der Waals surface area contributed by atoms with E-state index < -0.39 is 0 Å². The number of rotatable bonds is 4. The third-order valence-corrected chi connectivity index (χ3v) is 2.91. The molecule has 18 heavy (non-hydrogen) atoms. The number of hydrogen-bond donors (Lipinski definition) is 1. The van der Waals surface area contributed by atoms with Crippen LogP contribution in [-0.4, -0.2) is 26.7 Å². The molecule has 1 atom stereocenters. The molecule has 94 valence electrons. The van der Waals surface area contributed by atoms with Gasteiger partial charge in [-0.2, -0.15) is 0 Å². The number of pyridine rings is 1. The zero-order valence-electron chi connectivity index (χ0n) is 10.7. The average Bonchev–Trinajstić information content (AvgIpc) is 2.40. The van der Waals surface area contributed by atoms with Crippen molar-refractivity contribution in [3.8, 4) is 11.3 Å². The fourth-order valence-electron chi connectivity index (χ4n) is 1.83. The van der Waals surface area contributed by atoms with Gasteiger partial charge in [0.05, 0.1) is 12.3 Å². The maximum Gasteiger partial charge on any atom is 0.134 e. The second kappa shape index (κ2) is 5.69. The van der Waals surface area contributed by atoms with Crippen molar-refractivity contribution in [3.63, 3.8) is 0 Å². The van der Waals surface area contributed by atoms with Crippen molar-refractivity contribution in [2.45, 2.75) is 26.2 Å². The Morgan fingerprint density at radius 1 is 1.33 bits per heavy atom. The molecular formula is C14H17N3O. The van der Waals surface area contributed by atoms with Gasteiger partial charge >= 0.3 is 0 Å². The molecule has 0 spiro atoms. The van der Waals surface area contributed by atoms with Gasteiger partial charge in [-0.25, -0.2) is 9.97 Å². The van der Waals surface area contributed by atoms with Crippen molar-refractivity contribution in [1.29, 1.82) is 0 Å². The quantitative estimate of drug-likeness (QED) is 0.895. The van der Waals surface area contributed by atoms with Crippen LogP contribution in [-0.2, 0) is 0 Å². The first-order chi connectivity index (χ1) is 8.74. The predicted octanol–water partition coefficient (Wildman–Crippen LogP) is 2.33. The fourth-order valence-corrected chi connectivity index (χ4v) is 1.83. The Morgan fingerprint density at radius 3 is 2.78 bits per heavy atom. The van der Waals surface area contributed by atoms with Gasteiger partial charge in [-0.3, -0.25) is 4.98 Å². The van der Waals surface area contributed by atoms with Crippen LogP contribution in [0.5, 0.6) is 0 Å². The van der Waals surface area contributed by atoms with Gasteiger partial charge in [0.25, 0.3) is 0 Å². The van der Waals surface area contributed by atoms with E-state index in [1.54, 1.807) is 12.4 Å². The molecule has 0 bridgehead atoms. The summed E-state index contributed by atoms with van der Waals surface area (Å²) in [6.45, 7) is 4.04. The first-order valence-electron chi connectivity index (χ1n) is 6.11. The molecule has 1 unspecified atom stereocenters. The summed E-state index contributed by atoms with van der Waals surface area (Å²) < 4.78 is 0. The van der Waals surface area contributed by atoms with Crippen molar-refractivity contribution in [3.05, 3.63) is 42.1 Å². The molecule has 4 heteroatoms. The van der Waals surface area contributed by atoms with E-state index in [0.29, 0.717) is 5.82 Å². The van der Waals surface area contributed by atoms with Crippen molar-refractivity contribution < 1.29 is 5.11 Å². The Labute approximate surface area is 107 Å². The summed E-state index contributed by atoms with van der Waals surface area (Å²) in [5.41, 5.74) is 2.74. The summed E-state index contributed by atoms with van der Waals surface area (Å²) in [4.78, 5) is 13.0. The van der Waals surface area contributed by atoms with Gasteiger partial charge in [0, 0.05) is 29.6 Å². The summed E-state index contributed by atoms with van der Waals surface area (Å²) in [7, 11) is 0. The lowest BCUT2D eigenvalue weighted by atomic mass is 10.1. The van der Waals surface area contributed by atoms with Gasteiger partial charge in [0.15, 0.2) is 0 Å². The van der Waals surface area contributed by atoms with E-state index in [1.807, 2.05) is 32.0 Å². The van der Waals surface area contributed by atoms with Crippen LogP contribution in [0.4, 0.5) is 0 Å². The first kappa shape index (κ1) is 12.6. The van der Waals surface area contributed by atoms with E-state index in [2.05, 4.69) is 15.0 Å². The number of aliphatic hydroxyl groups is 1. The molecule has 0 aliphatic heterocycles. The minimum atomic E-state index is 0.000298. The third-order valence-electron chi connectivity index (χ3n) is 2.91. The third kappa shape index (κ3) is 2.71. The molecule has 1 N–H and O–H groups in total. The first-order valence-corrected chi connectivity index (χ1v) is 6.11. The van der Waals surface area contributed by atoms with Crippen molar-refractivity contribution in [2.75, 3.05) is 6.61 Å². The molecule has 4 nitrogen and oxygen atoms in total. The standard InChI is InChI=1S/C14H17N3O/c1-3-11(9-18)14-16-10(2)7-13(17-14)12-5-4-6-15-8-12/h4-8,11,18H,3,9H2,1-2H3. The van der Waals surface area contributed by atoms with Gasteiger partial charge in [0.2, 0.25) is 0 Å². The van der Waals surface area contributed by atoms with Crippen molar-refractivity contribution in [2.24, 2.45) is 0 Å². The molecule has 0 radical (unpaired) electrons. The zero-order chi connectivity index (χ0) is 13.0. The number of nitrogens with zero attached hydrogens (tertiary/aromatic N) is 3. The summed E-state index contributed by atoms with van der Waals surface area (Å²) in [5.74, 6) is 0.708. The van der Waals surface area contributed by atoms with Crippen molar-refractivity contribution >= 4 is 0 Å². The number of aromatic nitrogens is 3. The highest BCUT2D eigenvalue weighted by molar-refractivity contribution is 5.57. The molecule has 2 aromatic rings.